The molecule has 1 aliphatic rings. The molecule has 0 amide bonds. The zero-order valence-corrected chi connectivity index (χ0v) is 9.65. The first kappa shape index (κ1) is 11.2. The van der Waals surface area contributed by atoms with Crippen molar-refractivity contribution in [2.75, 3.05) is 0 Å². The summed E-state index contributed by atoms with van der Waals surface area (Å²) in [6, 6.07) is 3.71. The highest BCUT2D eigenvalue weighted by molar-refractivity contribution is 5.81. The van der Waals surface area contributed by atoms with Crippen molar-refractivity contribution in [2.45, 2.75) is 44.2 Å². The predicted octanol–water partition coefficient (Wildman–Crippen LogP) is 1.75. The number of nitrogens with zero attached hydrogens (tertiary/aromatic N) is 1. The topological polar surface area (TPSA) is 77.5 Å². The molecule has 0 fully saturated rings. The Morgan fingerprint density at radius 1 is 1.50 bits per heavy atom. The zero-order chi connectivity index (χ0) is 11.6. The van der Waals surface area contributed by atoms with E-state index >= 15 is 0 Å². The summed E-state index contributed by atoms with van der Waals surface area (Å²) in [7, 11) is 0. The van der Waals surface area contributed by atoms with Crippen molar-refractivity contribution >= 4 is 5.84 Å². The van der Waals surface area contributed by atoms with E-state index in [1.165, 1.54) is 0 Å². The Balaban J connectivity index is 2.45. The Morgan fingerprint density at radius 3 is 2.94 bits per heavy atom. The van der Waals surface area contributed by atoms with Crippen LogP contribution in [0.5, 0.6) is 0 Å². The summed E-state index contributed by atoms with van der Waals surface area (Å²) in [5.74, 6) is 1.51. The highest BCUT2D eigenvalue weighted by atomic mass is 16.3. The van der Waals surface area contributed by atoms with Gasteiger partial charge in [0.25, 0.3) is 0 Å². The van der Waals surface area contributed by atoms with Crippen LogP contribution >= 0.6 is 0 Å². The molecular weight excluding hydrogens is 202 g/mol. The molecule has 4 N–H and O–H groups in total. The van der Waals surface area contributed by atoms with Gasteiger partial charge < -0.3 is 15.9 Å². The third-order valence-electron chi connectivity index (χ3n) is 3.29. The minimum absolute atomic E-state index is 0.102. The van der Waals surface area contributed by atoms with Crippen LogP contribution in [0.2, 0.25) is 0 Å². The van der Waals surface area contributed by atoms with Crippen molar-refractivity contribution in [1.82, 2.24) is 0 Å². The zero-order valence-electron chi connectivity index (χ0n) is 9.65. The van der Waals surface area contributed by atoms with E-state index in [2.05, 4.69) is 4.99 Å². The summed E-state index contributed by atoms with van der Waals surface area (Å²) < 4.78 is 5.50. The minimum Gasteiger partial charge on any atom is -0.467 e. The van der Waals surface area contributed by atoms with Crippen molar-refractivity contribution in [2.24, 2.45) is 16.5 Å². The van der Waals surface area contributed by atoms with Crippen LogP contribution in [0.4, 0.5) is 0 Å². The maximum absolute atomic E-state index is 6.10. The van der Waals surface area contributed by atoms with E-state index in [9.17, 15) is 0 Å². The fraction of sp³-hybridized carbons (Fsp3) is 0.583. The van der Waals surface area contributed by atoms with Crippen molar-refractivity contribution in [1.29, 1.82) is 0 Å². The van der Waals surface area contributed by atoms with Gasteiger partial charge in [0.2, 0.25) is 0 Å². The number of hydrogen-bond donors (Lipinski definition) is 2. The van der Waals surface area contributed by atoms with Gasteiger partial charge in [-0.1, -0.05) is 6.42 Å². The first-order valence-electron chi connectivity index (χ1n) is 5.79. The van der Waals surface area contributed by atoms with Gasteiger partial charge in [0.05, 0.1) is 12.1 Å². The summed E-state index contributed by atoms with van der Waals surface area (Å²) in [5.41, 5.74) is 11.5. The van der Waals surface area contributed by atoms with Crippen molar-refractivity contribution in [3.63, 3.8) is 0 Å². The van der Waals surface area contributed by atoms with Crippen LogP contribution in [-0.2, 0) is 5.54 Å². The summed E-state index contributed by atoms with van der Waals surface area (Å²) in [5, 5.41) is 0. The number of furan rings is 1. The van der Waals surface area contributed by atoms with E-state index in [-0.39, 0.29) is 6.04 Å². The van der Waals surface area contributed by atoms with Crippen LogP contribution in [0.3, 0.4) is 0 Å². The highest BCUT2D eigenvalue weighted by Crippen LogP contribution is 2.36. The molecule has 2 atom stereocenters. The molecule has 4 heteroatoms. The van der Waals surface area contributed by atoms with Crippen molar-refractivity contribution in [3.8, 4) is 0 Å². The minimum atomic E-state index is -0.468. The molecule has 16 heavy (non-hydrogen) atoms. The van der Waals surface area contributed by atoms with E-state index < -0.39 is 5.54 Å². The summed E-state index contributed by atoms with van der Waals surface area (Å²) in [6.45, 7) is 1.96. The third-order valence-corrected chi connectivity index (χ3v) is 3.29. The second kappa shape index (κ2) is 4.29. The van der Waals surface area contributed by atoms with Crippen molar-refractivity contribution < 1.29 is 4.42 Å². The number of nitrogens with two attached hydrogens (primary N) is 2. The molecule has 2 heterocycles. The maximum atomic E-state index is 6.10. The largest absolute Gasteiger partial charge is 0.467 e. The van der Waals surface area contributed by atoms with Gasteiger partial charge in [-0.3, -0.25) is 4.99 Å². The fourth-order valence-corrected chi connectivity index (χ4v) is 2.33. The van der Waals surface area contributed by atoms with Gasteiger partial charge >= 0.3 is 0 Å². The van der Waals surface area contributed by atoms with Crippen LogP contribution in [0.1, 0.15) is 38.4 Å². The average molecular weight is 221 g/mol. The normalized spacial score (nSPS) is 28.2. The molecule has 0 bridgehead atoms. The Kier molecular flexibility index (Phi) is 3.01. The standard InChI is InChI=1S/C12H19N3O/c1-9(13)12(10-5-4-8-16-10)7-3-2-6-11(14)15-12/h4-5,8-9H,2-3,6-7,13H2,1H3,(H2,14,15). The molecule has 0 saturated carbocycles. The van der Waals surface area contributed by atoms with Gasteiger partial charge in [-0.2, -0.15) is 0 Å². The molecule has 88 valence electrons. The molecule has 1 aromatic heterocycles. The Morgan fingerprint density at radius 2 is 2.31 bits per heavy atom. The van der Waals surface area contributed by atoms with Gasteiger partial charge in [0, 0.05) is 12.5 Å². The number of hydrogen-bond acceptors (Lipinski definition) is 4. The van der Waals surface area contributed by atoms with Crippen LogP contribution in [0, 0.1) is 0 Å². The molecule has 4 nitrogen and oxygen atoms in total. The van der Waals surface area contributed by atoms with E-state index in [1.54, 1.807) is 6.26 Å². The summed E-state index contributed by atoms with van der Waals surface area (Å²) >= 11 is 0. The molecule has 2 rings (SSSR count). The fourth-order valence-electron chi connectivity index (χ4n) is 2.33. The first-order chi connectivity index (χ1) is 7.65. The smallest absolute Gasteiger partial charge is 0.135 e. The van der Waals surface area contributed by atoms with Gasteiger partial charge in [-0.15, -0.1) is 0 Å². The van der Waals surface area contributed by atoms with Gasteiger partial charge in [-0.25, -0.2) is 0 Å². The van der Waals surface area contributed by atoms with Gasteiger partial charge in [0.15, 0.2) is 0 Å². The quantitative estimate of drug-likeness (QED) is 0.798. The van der Waals surface area contributed by atoms with Gasteiger partial charge in [-0.05, 0) is 31.9 Å². The molecule has 1 aromatic rings. The third kappa shape index (κ3) is 1.85. The Bertz CT molecular complexity index is 370. The van der Waals surface area contributed by atoms with Gasteiger partial charge in [0.1, 0.15) is 11.3 Å². The molecule has 2 unspecified atom stereocenters. The molecule has 0 aliphatic carbocycles. The molecule has 0 aromatic carbocycles. The second-order valence-electron chi connectivity index (χ2n) is 4.50. The average Bonchev–Trinajstić information content (AvgIpc) is 2.69. The lowest BCUT2D eigenvalue weighted by Gasteiger charge is -2.31. The molecule has 0 radical (unpaired) electrons. The monoisotopic (exact) mass is 221 g/mol. The number of rotatable bonds is 2. The number of amidine groups is 1. The van der Waals surface area contributed by atoms with Crippen LogP contribution in [0.15, 0.2) is 27.8 Å². The lowest BCUT2D eigenvalue weighted by molar-refractivity contribution is 0.279. The summed E-state index contributed by atoms with van der Waals surface area (Å²) in [4.78, 5) is 4.63. The lowest BCUT2D eigenvalue weighted by Crippen LogP contribution is -2.42. The van der Waals surface area contributed by atoms with Crippen LogP contribution in [0.25, 0.3) is 0 Å². The first-order valence-corrected chi connectivity index (χ1v) is 5.79. The summed E-state index contributed by atoms with van der Waals surface area (Å²) in [6.07, 6.45) is 5.57. The molecule has 0 saturated heterocycles. The highest BCUT2D eigenvalue weighted by Gasteiger charge is 2.39. The van der Waals surface area contributed by atoms with E-state index in [1.807, 2.05) is 19.1 Å². The van der Waals surface area contributed by atoms with Crippen LogP contribution in [-0.4, -0.2) is 11.9 Å². The molecule has 0 spiro atoms. The molecule has 1 aliphatic heterocycles. The predicted molar refractivity (Wildman–Crippen MR) is 64.1 cm³/mol. The van der Waals surface area contributed by atoms with E-state index in [0.717, 1.165) is 31.4 Å². The second-order valence-corrected chi connectivity index (χ2v) is 4.50. The van der Waals surface area contributed by atoms with Crippen molar-refractivity contribution in [3.05, 3.63) is 24.2 Å². The SMILES string of the molecule is CC(N)C1(c2ccco2)CCCCC(N)=N1. The van der Waals surface area contributed by atoms with E-state index in [0.29, 0.717) is 5.84 Å². The lowest BCUT2D eigenvalue weighted by atomic mass is 9.85. The Labute approximate surface area is 95.7 Å². The maximum Gasteiger partial charge on any atom is 0.135 e. The Hall–Kier alpha value is -1.29. The van der Waals surface area contributed by atoms with E-state index in [4.69, 9.17) is 15.9 Å². The number of aliphatic imine (C=N–C) groups is 1. The molecular formula is C12H19N3O. The van der Waals surface area contributed by atoms with Crippen LogP contribution < -0.4 is 11.5 Å².